The van der Waals surface area contributed by atoms with Crippen molar-refractivity contribution in [1.29, 1.82) is 0 Å². The fraction of sp³-hybridized carbons (Fsp3) is 0.542. The van der Waals surface area contributed by atoms with E-state index < -0.39 is 0 Å². The summed E-state index contributed by atoms with van der Waals surface area (Å²) in [5.41, 5.74) is 0.994. The van der Waals surface area contributed by atoms with Crippen LogP contribution in [0.5, 0.6) is 0 Å². The van der Waals surface area contributed by atoms with E-state index in [9.17, 15) is 9.18 Å². The molecule has 2 aliphatic rings. The quantitative estimate of drug-likeness (QED) is 0.701. The first-order valence-corrected chi connectivity index (χ1v) is 11.4. The largest absolute Gasteiger partial charge is 0.351 e. The molecule has 2 unspecified atom stereocenters. The number of carbonyl (C=O) groups excluding carboxylic acids is 1. The predicted octanol–water partition coefficient (Wildman–Crippen LogP) is 3.56. The molecule has 2 atom stereocenters. The van der Waals surface area contributed by atoms with Crippen LogP contribution in [0.15, 0.2) is 42.6 Å². The number of anilines is 1. The summed E-state index contributed by atoms with van der Waals surface area (Å²) in [5.74, 6) is 1.10. The summed E-state index contributed by atoms with van der Waals surface area (Å²) in [4.78, 5) is 17.3. The van der Waals surface area contributed by atoms with Gasteiger partial charge in [-0.05, 0) is 68.5 Å². The summed E-state index contributed by atoms with van der Waals surface area (Å²) in [6, 6.07) is 10.8. The van der Waals surface area contributed by atoms with Crippen LogP contribution in [0, 0.1) is 11.7 Å². The molecule has 0 radical (unpaired) electrons. The number of benzene rings is 1. The number of halogens is 1. The zero-order valence-corrected chi connectivity index (χ0v) is 18.2. The van der Waals surface area contributed by atoms with E-state index in [1.807, 2.05) is 19.2 Å². The number of hydrogen-bond donors (Lipinski definition) is 1. The van der Waals surface area contributed by atoms with Crippen molar-refractivity contribution in [3.8, 4) is 0 Å². The van der Waals surface area contributed by atoms with E-state index in [1.54, 1.807) is 18.3 Å². The third kappa shape index (κ3) is 5.58. The van der Waals surface area contributed by atoms with E-state index >= 15 is 0 Å². The first kappa shape index (κ1) is 21.7. The van der Waals surface area contributed by atoms with Crippen molar-refractivity contribution < 1.29 is 9.18 Å². The highest BCUT2D eigenvalue weighted by Gasteiger charge is 2.30. The molecule has 1 amide bonds. The molecule has 2 heterocycles. The lowest BCUT2D eigenvalue weighted by Crippen LogP contribution is -2.44. The van der Waals surface area contributed by atoms with Crippen molar-refractivity contribution >= 4 is 11.7 Å². The Morgan fingerprint density at radius 2 is 1.97 bits per heavy atom. The second-order valence-corrected chi connectivity index (χ2v) is 8.91. The number of nitrogens with zero attached hydrogens (tertiary/aromatic N) is 4. The Bertz CT molecular complexity index is 841. The number of hydrogen-bond acceptors (Lipinski definition) is 5. The molecule has 6 nitrogen and oxygen atoms in total. The summed E-state index contributed by atoms with van der Waals surface area (Å²) >= 11 is 0. The molecule has 1 N–H and O–H groups in total. The molecule has 1 saturated carbocycles. The monoisotopic (exact) mass is 425 g/mol. The van der Waals surface area contributed by atoms with E-state index in [2.05, 4.69) is 25.3 Å². The number of amides is 1. The summed E-state index contributed by atoms with van der Waals surface area (Å²) in [7, 11) is 2.00. The minimum absolute atomic E-state index is 0.0211. The van der Waals surface area contributed by atoms with Gasteiger partial charge in [-0.2, -0.15) is 5.10 Å². The number of rotatable bonds is 8. The summed E-state index contributed by atoms with van der Waals surface area (Å²) in [5, 5.41) is 11.5. The Balaban J connectivity index is 1.35. The van der Waals surface area contributed by atoms with Gasteiger partial charge in [0.15, 0.2) is 5.82 Å². The lowest BCUT2D eigenvalue weighted by molar-refractivity contribution is -0.123. The second-order valence-electron chi connectivity index (χ2n) is 8.91. The van der Waals surface area contributed by atoms with Gasteiger partial charge < -0.3 is 10.2 Å². The highest BCUT2D eigenvalue weighted by Crippen LogP contribution is 2.35. The van der Waals surface area contributed by atoms with E-state index in [1.165, 1.54) is 25.0 Å². The molecule has 2 aromatic rings. The van der Waals surface area contributed by atoms with Gasteiger partial charge in [-0.3, -0.25) is 9.69 Å². The normalized spacial score (nSPS) is 20.4. The average Bonchev–Trinajstić information content (AvgIpc) is 3.46. The smallest absolute Gasteiger partial charge is 0.234 e. The molecule has 2 fully saturated rings. The van der Waals surface area contributed by atoms with Gasteiger partial charge in [-0.25, -0.2) is 4.39 Å². The maximum absolute atomic E-state index is 13.4. The second kappa shape index (κ2) is 10.2. The van der Waals surface area contributed by atoms with Crippen molar-refractivity contribution in [3.63, 3.8) is 0 Å². The number of likely N-dealkylation sites (N-methyl/N-ethyl adjacent to an activating group) is 1. The highest BCUT2D eigenvalue weighted by molar-refractivity contribution is 5.78. The SMILES string of the molecule is CN(CC(=O)NC(c1ccc(F)cc1)C1CCCC1)CC1CCCN1c1cccnn1. The fourth-order valence-corrected chi connectivity index (χ4v) is 5.10. The molecular weight excluding hydrogens is 393 g/mol. The van der Waals surface area contributed by atoms with Gasteiger partial charge in [-0.1, -0.05) is 25.0 Å². The molecule has 0 spiro atoms. The van der Waals surface area contributed by atoms with E-state index in [-0.39, 0.29) is 17.8 Å². The lowest BCUT2D eigenvalue weighted by atomic mass is 9.91. The van der Waals surface area contributed by atoms with Crippen LogP contribution in [0.25, 0.3) is 0 Å². The molecule has 1 aliphatic heterocycles. The fourth-order valence-electron chi connectivity index (χ4n) is 5.10. The van der Waals surface area contributed by atoms with Crippen LogP contribution in [0.2, 0.25) is 0 Å². The van der Waals surface area contributed by atoms with Crippen molar-refractivity contribution in [2.24, 2.45) is 5.92 Å². The first-order chi connectivity index (χ1) is 15.1. The third-order valence-electron chi connectivity index (χ3n) is 6.58. The van der Waals surface area contributed by atoms with Crippen LogP contribution < -0.4 is 10.2 Å². The summed E-state index contributed by atoms with van der Waals surface area (Å²) < 4.78 is 13.4. The van der Waals surface area contributed by atoms with Gasteiger partial charge >= 0.3 is 0 Å². The van der Waals surface area contributed by atoms with Crippen LogP contribution in [-0.4, -0.2) is 53.7 Å². The van der Waals surface area contributed by atoms with Gasteiger partial charge in [0.2, 0.25) is 5.91 Å². The Morgan fingerprint density at radius 1 is 1.19 bits per heavy atom. The van der Waals surface area contributed by atoms with E-state index in [4.69, 9.17) is 0 Å². The van der Waals surface area contributed by atoms with Crippen LogP contribution in [0.4, 0.5) is 10.2 Å². The average molecular weight is 426 g/mol. The van der Waals surface area contributed by atoms with Crippen molar-refractivity contribution in [2.45, 2.75) is 50.6 Å². The topological polar surface area (TPSA) is 61.4 Å². The molecule has 1 saturated heterocycles. The maximum Gasteiger partial charge on any atom is 0.234 e. The molecule has 7 heteroatoms. The minimum atomic E-state index is -0.246. The molecule has 1 aromatic heterocycles. The molecule has 166 valence electrons. The van der Waals surface area contributed by atoms with Crippen LogP contribution >= 0.6 is 0 Å². The van der Waals surface area contributed by atoms with Crippen molar-refractivity contribution in [2.75, 3.05) is 31.6 Å². The van der Waals surface area contributed by atoms with E-state index in [0.29, 0.717) is 18.5 Å². The Labute approximate surface area is 183 Å². The number of aromatic nitrogens is 2. The van der Waals surface area contributed by atoms with Crippen LogP contribution in [0.3, 0.4) is 0 Å². The Hall–Kier alpha value is -2.54. The third-order valence-corrected chi connectivity index (χ3v) is 6.58. The molecule has 1 aliphatic carbocycles. The maximum atomic E-state index is 13.4. The highest BCUT2D eigenvalue weighted by atomic mass is 19.1. The standard InChI is InChI=1S/C24H32FN5O/c1-29(16-21-8-5-15-30(21)22-9-4-14-26-28-22)17-23(31)27-24(18-6-2-3-7-18)19-10-12-20(25)13-11-19/h4,9-14,18,21,24H,2-3,5-8,15-17H2,1H3,(H,27,31). The van der Waals surface area contributed by atoms with Gasteiger partial charge in [0.1, 0.15) is 5.82 Å². The molecule has 0 bridgehead atoms. The Kier molecular flexibility index (Phi) is 7.12. The minimum Gasteiger partial charge on any atom is -0.351 e. The predicted molar refractivity (Wildman–Crippen MR) is 119 cm³/mol. The van der Waals surface area contributed by atoms with Gasteiger partial charge in [0.25, 0.3) is 0 Å². The van der Waals surface area contributed by atoms with Gasteiger partial charge in [0.05, 0.1) is 12.6 Å². The zero-order valence-electron chi connectivity index (χ0n) is 18.2. The molecule has 4 rings (SSSR count). The number of carbonyl (C=O) groups is 1. The van der Waals surface area contributed by atoms with Crippen molar-refractivity contribution in [3.05, 3.63) is 54.0 Å². The Morgan fingerprint density at radius 3 is 2.68 bits per heavy atom. The summed E-state index contributed by atoms with van der Waals surface area (Å²) in [6.45, 7) is 2.11. The first-order valence-electron chi connectivity index (χ1n) is 11.4. The van der Waals surface area contributed by atoms with Crippen molar-refractivity contribution in [1.82, 2.24) is 20.4 Å². The van der Waals surface area contributed by atoms with Gasteiger partial charge in [-0.15, -0.1) is 5.10 Å². The lowest BCUT2D eigenvalue weighted by Gasteiger charge is -2.30. The van der Waals surface area contributed by atoms with Crippen LogP contribution in [0.1, 0.15) is 50.1 Å². The van der Waals surface area contributed by atoms with Crippen LogP contribution in [-0.2, 0) is 4.79 Å². The van der Waals surface area contributed by atoms with Gasteiger partial charge in [0, 0.05) is 25.3 Å². The summed E-state index contributed by atoms with van der Waals surface area (Å²) in [6.07, 6.45) is 8.49. The number of nitrogens with one attached hydrogen (secondary N) is 1. The van der Waals surface area contributed by atoms with E-state index in [0.717, 1.165) is 50.2 Å². The zero-order chi connectivity index (χ0) is 21.6. The molecule has 31 heavy (non-hydrogen) atoms. The molecule has 1 aromatic carbocycles. The molecular formula is C24H32FN5O.